The summed E-state index contributed by atoms with van der Waals surface area (Å²) in [4.78, 5) is 24.9. The van der Waals surface area contributed by atoms with Gasteiger partial charge in [0, 0.05) is 34.7 Å². The van der Waals surface area contributed by atoms with Gasteiger partial charge in [-0.05, 0) is 18.2 Å². The summed E-state index contributed by atoms with van der Waals surface area (Å²) in [5.74, 6) is -0.248. The van der Waals surface area contributed by atoms with Crippen LogP contribution in [0.2, 0.25) is 0 Å². The molecule has 27 heavy (non-hydrogen) atoms. The van der Waals surface area contributed by atoms with E-state index in [1.165, 1.54) is 6.33 Å². The summed E-state index contributed by atoms with van der Waals surface area (Å²) in [6.45, 7) is 0.322. The average molecular weight is 426 g/mol. The topological polar surface area (TPSA) is 96.3 Å². The van der Waals surface area contributed by atoms with Gasteiger partial charge in [-0.15, -0.1) is 0 Å². The van der Waals surface area contributed by atoms with Crippen LogP contribution in [0, 0.1) is 0 Å². The Hall–Kier alpha value is -3.33. The SMILES string of the molecule is O=C(Nc1cc(Br)ccn1)c1c(O)[n+](Cc2cncnc2)c2ccccn12. The third-order valence-corrected chi connectivity index (χ3v) is 4.45. The van der Waals surface area contributed by atoms with E-state index in [-0.39, 0.29) is 11.6 Å². The van der Waals surface area contributed by atoms with Crippen molar-refractivity contribution in [1.29, 1.82) is 0 Å². The molecule has 0 fully saturated rings. The van der Waals surface area contributed by atoms with Crippen LogP contribution < -0.4 is 9.88 Å². The minimum Gasteiger partial charge on any atom is -0.474 e. The van der Waals surface area contributed by atoms with Gasteiger partial charge in [-0.25, -0.2) is 15.0 Å². The number of imidazole rings is 1. The molecule has 0 saturated heterocycles. The van der Waals surface area contributed by atoms with E-state index in [0.717, 1.165) is 10.0 Å². The van der Waals surface area contributed by atoms with E-state index in [2.05, 4.69) is 36.2 Å². The highest BCUT2D eigenvalue weighted by Crippen LogP contribution is 2.20. The Morgan fingerprint density at radius 1 is 1.26 bits per heavy atom. The predicted octanol–water partition coefficient (Wildman–Crippen LogP) is 2.18. The molecule has 0 aromatic carbocycles. The molecule has 0 atom stereocenters. The van der Waals surface area contributed by atoms with Crippen molar-refractivity contribution in [2.75, 3.05) is 5.32 Å². The number of anilines is 1. The number of fused-ring (bicyclic) bond motifs is 1. The maximum Gasteiger partial charge on any atom is 0.337 e. The number of aromatic nitrogens is 5. The fraction of sp³-hybridized carbons (Fsp3) is 0.0556. The van der Waals surface area contributed by atoms with Crippen molar-refractivity contribution in [3.05, 3.63) is 77.2 Å². The van der Waals surface area contributed by atoms with E-state index < -0.39 is 5.91 Å². The monoisotopic (exact) mass is 425 g/mol. The van der Waals surface area contributed by atoms with Gasteiger partial charge in [-0.1, -0.05) is 22.0 Å². The minimum absolute atomic E-state index is 0.115. The van der Waals surface area contributed by atoms with Crippen LogP contribution in [0.25, 0.3) is 5.65 Å². The Kier molecular flexibility index (Phi) is 4.51. The summed E-state index contributed by atoms with van der Waals surface area (Å²) in [6, 6.07) is 8.88. The number of halogens is 1. The van der Waals surface area contributed by atoms with Crippen molar-refractivity contribution >= 4 is 33.3 Å². The molecule has 9 heteroatoms. The highest BCUT2D eigenvalue weighted by Gasteiger charge is 2.31. The highest BCUT2D eigenvalue weighted by atomic mass is 79.9. The van der Waals surface area contributed by atoms with Crippen LogP contribution >= 0.6 is 15.9 Å². The van der Waals surface area contributed by atoms with Crippen molar-refractivity contribution in [3.63, 3.8) is 0 Å². The van der Waals surface area contributed by atoms with Gasteiger partial charge in [0.25, 0.3) is 11.3 Å². The molecule has 0 aliphatic heterocycles. The fourth-order valence-corrected chi connectivity index (χ4v) is 3.13. The van der Waals surface area contributed by atoms with E-state index in [1.54, 1.807) is 52.0 Å². The number of hydrogen-bond acceptors (Lipinski definition) is 5. The molecule has 0 radical (unpaired) electrons. The summed E-state index contributed by atoms with van der Waals surface area (Å²) in [5.41, 5.74) is 1.57. The molecule has 0 saturated carbocycles. The lowest BCUT2D eigenvalue weighted by atomic mass is 10.3. The lowest BCUT2D eigenvalue weighted by Crippen LogP contribution is -2.33. The van der Waals surface area contributed by atoms with Crippen molar-refractivity contribution in [2.45, 2.75) is 6.54 Å². The molecule has 2 N–H and O–H groups in total. The van der Waals surface area contributed by atoms with Crippen LogP contribution in [-0.2, 0) is 6.54 Å². The molecule has 4 rings (SSSR count). The fourth-order valence-electron chi connectivity index (χ4n) is 2.80. The number of amides is 1. The second-order valence-corrected chi connectivity index (χ2v) is 6.66. The van der Waals surface area contributed by atoms with Crippen LogP contribution in [0.1, 0.15) is 16.1 Å². The normalized spacial score (nSPS) is 10.9. The maximum absolute atomic E-state index is 12.8. The van der Waals surface area contributed by atoms with Crippen LogP contribution in [-0.4, -0.2) is 30.4 Å². The van der Waals surface area contributed by atoms with Crippen molar-refractivity contribution in [2.24, 2.45) is 0 Å². The predicted molar refractivity (Wildman–Crippen MR) is 100 cm³/mol. The zero-order valence-corrected chi connectivity index (χ0v) is 15.5. The Morgan fingerprint density at radius 2 is 2.07 bits per heavy atom. The van der Waals surface area contributed by atoms with E-state index in [9.17, 15) is 9.90 Å². The molecular formula is C18H14BrN6O2+. The lowest BCUT2D eigenvalue weighted by molar-refractivity contribution is -0.668. The van der Waals surface area contributed by atoms with E-state index >= 15 is 0 Å². The van der Waals surface area contributed by atoms with Gasteiger partial charge in [0.15, 0.2) is 0 Å². The quantitative estimate of drug-likeness (QED) is 0.488. The van der Waals surface area contributed by atoms with Gasteiger partial charge in [0.05, 0.1) is 6.20 Å². The second kappa shape index (κ2) is 7.12. The third-order valence-electron chi connectivity index (χ3n) is 3.96. The summed E-state index contributed by atoms with van der Waals surface area (Å²) in [6.07, 6.45) is 8.06. The molecule has 134 valence electrons. The Morgan fingerprint density at radius 3 is 2.85 bits per heavy atom. The Bertz CT molecular complexity index is 1130. The average Bonchev–Trinajstić information content (AvgIpc) is 2.94. The van der Waals surface area contributed by atoms with Crippen LogP contribution in [0.15, 0.2) is 65.9 Å². The Balaban J connectivity index is 1.76. The van der Waals surface area contributed by atoms with Gasteiger partial charge in [0.1, 0.15) is 18.7 Å². The molecular weight excluding hydrogens is 412 g/mol. The highest BCUT2D eigenvalue weighted by molar-refractivity contribution is 9.10. The van der Waals surface area contributed by atoms with Crippen LogP contribution in [0.3, 0.4) is 0 Å². The molecule has 0 bridgehead atoms. The first-order chi connectivity index (χ1) is 13.1. The van der Waals surface area contributed by atoms with Crippen molar-refractivity contribution < 1.29 is 14.5 Å². The lowest BCUT2D eigenvalue weighted by Gasteiger charge is -2.02. The van der Waals surface area contributed by atoms with E-state index in [4.69, 9.17) is 0 Å². The van der Waals surface area contributed by atoms with Crippen LogP contribution in [0.5, 0.6) is 5.88 Å². The molecule has 0 aliphatic rings. The van der Waals surface area contributed by atoms with E-state index in [0.29, 0.717) is 18.0 Å². The molecule has 1 amide bonds. The number of nitrogens with zero attached hydrogens (tertiary/aromatic N) is 5. The first-order valence-corrected chi connectivity index (χ1v) is 8.81. The Labute approximate surface area is 162 Å². The van der Waals surface area contributed by atoms with Gasteiger partial charge < -0.3 is 10.4 Å². The standard InChI is InChI=1S/C18H13BrN6O2/c19-13-4-5-22-14(7-13)23-17(26)16-18(27)25(10-12-8-20-11-21-9-12)15-3-1-2-6-24(15)16/h1-9,11H,10H2,(H-,22,23,26,27)/p+1. The summed E-state index contributed by atoms with van der Waals surface area (Å²) in [5, 5.41) is 13.5. The number of pyridine rings is 2. The van der Waals surface area contributed by atoms with Gasteiger partial charge in [-0.3, -0.25) is 4.79 Å². The van der Waals surface area contributed by atoms with Crippen molar-refractivity contribution in [1.82, 2.24) is 19.4 Å². The molecule has 4 heterocycles. The van der Waals surface area contributed by atoms with Gasteiger partial charge >= 0.3 is 11.8 Å². The molecule has 4 aromatic heterocycles. The number of carbonyl (C=O) groups is 1. The molecule has 0 aliphatic carbocycles. The second-order valence-electron chi connectivity index (χ2n) is 5.75. The van der Waals surface area contributed by atoms with Crippen molar-refractivity contribution in [3.8, 4) is 5.88 Å². The van der Waals surface area contributed by atoms with Gasteiger partial charge in [0.2, 0.25) is 0 Å². The summed E-state index contributed by atoms with van der Waals surface area (Å²) >= 11 is 3.34. The minimum atomic E-state index is -0.470. The summed E-state index contributed by atoms with van der Waals surface area (Å²) in [7, 11) is 0. The number of hydrogen-bond donors (Lipinski definition) is 2. The molecule has 0 spiro atoms. The first kappa shape index (κ1) is 17.1. The zero-order chi connectivity index (χ0) is 18.8. The number of nitrogens with one attached hydrogen (secondary N) is 1. The third kappa shape index (κ3) is 3.36. The largest absolute Gasteiger partial charge is 0.474 e. The summed E-state index contributed by atoms with van der Waals surface area (Å²) < 4.78 is 4.05. The number of rotatable bonds is 4. The molecule has 4 aromatic rings. The molecule has 8 nitrogen and oxygen atoms in total. The zero-order valence-electron chi connectivity index (χ0n) is 14.0. The number of carbonyl (C=O) groups excluding carboxylic acids is 1. The maximum atomic E-state index is 12.8. The van der Waals surface area contributed by atoms with Gasteiger partial charge in [-0.2, -0.15) is 8.97 Å². The number of aromatic hydroxyl groups is 1. The molecule has 0 unspecified atom stereocenters. The van der Waals surface area contributed by atoms with E-state index in [1.807, 2.05) is 12.1 Å². The first-order valence-electron chi connectivity index (χ1n) is 8.02. The smallest absolute Gasteiger partial charge is 0.337 e. The van der Waals surface area contributed by atoms with Crippen LogP contribution in [0.4, 0.5) is 5.82 Å².